The van der Waals surface area contributed by atoms with Gasteiger partial charge in [0.05, 0.1) is 0 Å². The predicted octanol–water partition coefficient (Wildman–Crippen LogP) is 2.64. The Morgan fingerprint density at radius 3 is 2.78 bits per heavy atom. The van der Waals surface area contributed by atoms with E-state index >= 15 is 0 Å². The standard InChI is InChI=1S/C21H25N3O3/c22-18-8-2-1-6-16(18)10-11-20(25)23-14-15-5-3-7-17(13-15)24-21(26)19-9-4-12-27-19/h1-3,5-8,13,19H,4,9-12,14,22H2,(H,23,25)(H,24,26). The van der Waals surface area contributed by atoms with Crippen LogP contribution in [0.3, 0.4) is 0 Å². The lowest BCUT2D eigenvalue weighted by atomic mass is 10.1. The van der Waals surface area contributed by atoms with E-state index in [1.807, 2.05) is 48.5 Å². The number of benzene rings is 2. The van der Waals surface area contributed by atoms with E-state index in [9.17, 15) is 9.59 Å². The molecule has 2 aromatic carbocycles. The van der Waals surface area contributed by atoms with Gasteiger partial charge in [0.25, 0.3) is 5.91 Å². The second-order valence-electron chi connectivity index (χ2n) is 6.67. The van der Waals surface area contributed by atoms with Crippen molar-refractivity contribution in [3.05, 3.63) is 59.7 Å². The van der Waals surface area contributed by atoms with E-state index in [2.05, 4.69) is 10.6 Å². The number of carbonyl (C=O) groups is 2. The van der Waals surface area contributed by atoms with Gasteiger partial charge in [-0.2, -0.15) is 0 Å². The summed E-state index contributed by atoms with van der Waals surface area (Å²) in [6, 6.07) is 15.0. The molecule has 1 saturated heterocycles. The quantitative estimate of drug-likeness (QED) is 0.656. The molecule has 0 aromatic heterocycles. The van der Waals surface area contributed by atoms with Crippen LogP contribution in [0.15, 0.2) is 48.5 Å². The molecule has 1 heterocycles. The summed E-state index contributed by atoms with van der Waals surface area (Å²) in [4.78, 5) is 24.2. The van der Waals surface area contributed by atoms with Crippen molar-refractivity contribution in [3.63, 3.8) is 0 Å². The van der Waals surface area contributed by atoms with Crippen LogP contribution < -0.4 is 16.4 Å². The molecule has 0 saturated carbocycles. The van der Waals surface area contributed by atoms with E-state index in [0.29, 0.717) is 37.4 Å². The van der Waals surface area contributed by atoms with Crippen LogP contribution in [-0.4, -0.2) is 24.5 Å². The summed E-state index contributed by atoms with van der Waals surface area (Å²) in [5.74, 6) is -0.152. The summed E-state index contributed by atoms with van der Waals surface area (Å²) in [7, 11) is 0. The van der Waals surface area contributed by atoms with Crippen LogP contribution in [0, 0.1) is 0 Å². The topological polar surface area (TPSA) is 93.5 Å². The fourth-order valence-electron chi connectivity index (χ4n) is 3.07. The Bertz CT molecular complexity index is 801. The van der Waals surface area contributed by atoms with Gasteiger partial charge in [-0.25, -0.2) is 0 Å². The van der Waals surface area contributed by atoms with E-state index in [4.69, 9.17) is 10.5 Å². The molecule has 6 nitrogen and oxygen atoms in total. The highest BCUT2D eigenvalue weighted by Crippen LogP contribution is 2.16. The van der Waals surface area contributed by atoms with E-state index < -0.39 is 0 Å². The van der Waals surface area contributed by atoms with Crippen LogP contribution in [-0.2, 0) is 27.3 Å². The lowest BCUT2D eigenvalue weighted by molar-refractivity contribution is -0.124. The minimum Gasteiger partial charge on any atom is -0.399 e. The van der Waals surface area contributed by atoms with Gasteiger partial charge in [0.15, 0.2) is 0 Å². The van der Waals surface area contributed by atoms with Crippen molar-refractivity contribution in [1.82, 2.24) is 5.32 Å². The third-order valence-electron chi connectivity index (χ3n) is 4.58. The molecule has 0 aliphatic carbocycles. The molecule has 0 radical (unpaired) electrons. The fraction of sp³-hybridized carbons (Fsp3) is 0.333. The number of hydrogen-bond donors (Lipinski definition) is 3. The highest BCUT2D eigenvalue weighted by molar-refractivity contribution is 5.94. The molecule has 2 aromatic rings. The van der Waals surface area contributed by atoms with Crippen molar-refractivity contribution in [3.8, 4) is 0 Å². The van der Waals surface area contributed by atoms with Crippen molar-refractivity contribution >= 4 is 23.2 Å². The molecule has 27 heavy (non-hydrogen) atoms. The van der Waals surface area contributed by atoms with Gasteiger partial charge in [0.1, 0.15) is 6.10 Å². The zero-order chi connectivity index (χ0) is 19.1. The van der Waals surface area contributed by atoms with Crippen molar-refractivity contribution in [2.24, 2.45) is 0 Å². The van der Waals surface area contributed by atoms with Crippen LogP contribution in [0.2, 0.25) is 0 Å². The van der Waals surface area contributed by atoms with E-state index in [1.165, 1.54) is 0 Å². The number of amides is 2. The Morgan fingerprint density at radius 1 is 1.15 bits per heavy atom. The number of ether oxygens (including phenoxy) is 1. The molecule has 1 fully saturated rings. The van der Waals surface area contributed by atoms with Crippen molar-refractivity contribution in [2.75, 3.05) is 17.7 Å². The van der Waals surface area contributed by atoms with Crippen molar-refractivity contribution in [1.29, 1.82) is 0 Å². The maximum Gasteiger partial charge on any atom is 0.253 e. The molecule has 4 N–H and O–H groups in total. The molecular weight excluding hydrogens is 342 g/mol. The first-order valence-corrected chi connectivity index (χ1v) is 9.23. The van der Waals surface area contributed by atoms with Gasteiger partial charge in [0, 0.05) is 30.9 Å². The SMILES string of the molecule is Nc1ccccc1CCC(=O)NCc1cccc(NC(=O)C2CCCO2)c1. The number of carbonyl (C=O) groups excluding carboxylic acids is 2. The number of nitrogen functional groups attached to an aromatic ring is 1. The molecule has 2 amide bonds. The first kappa shape index (κ1) is 18.9. The van der Waals surface area contributed by atoms with Gasteiger partial charge in [-0.05, 0) is 48.6 Å². The van der Waals surface area contributed by atoms with Gasteiger partial charge in [-0.1, -0.05) is 30.3 Å². The third kappa shape index (κ3) is 5.56. The number of aryl methyl sites for hydroxylation is 1. The average molecular weight is 367 g/mol. The largest absolute Gasteiger partial charge is 0.399 e. The normalized spacial score (nSPS) is 16.1. The maximum absolute atomic E-state index is 12.1. The molecule has 0 bridgehead atoms. The third-order valence-corrected chi connectivity index (χ3v) is 4.58. The smallest absolute Gasteiger partial charge is 0.253 e. The Kier molecular flexibility index (Phi) is 6.44. The van der Waals surface area contributed by atoms with Crippen LogP contribution >= 0.6 is 0 Å². The minimum atomic E-state index is -0.362. The van der Waals surface area contributed by atoms with Gasteiger partial charge >= 0.3 is 0 Å². The number of nitrogens with two attached hydrogens (primary N) is 1. The van der Waals surface area contributed by atoms with Gasteiger partial charge in [-0.3, -0.25) is 9.59 Å². The Morgan fingerprint density at radius 2 is 2.00 bits per heavy atom. The lowest BCUT2D eigenvalue weighted by Gasteiger charge is -2.12. The number of nitrogens with one attached hydrogen (secondary N) is 2. The number of para-hydroxylation sites is 1. The van der Waals surface area contributed by atoms with E-state index in [1.54, 1.807) is 0 Å². The minimum absolute atomic E-state index is 0.0351. The lowest BCUT2D eigenvalue weighted by Crippen LogP contribution is -2.27. The fourth-order valence-corrected chi connectivity index (χ4v) is 3.07. The van der Waals surface area contributed by atoms with Crippen LogP contribution in [0.4, 0.5) is 11.4 Å². The molecule has 142 valence electrons. The van der Waals surface area contributed by atoms with Crippen LogP contribution in [0.5, 0.6) is 0 Å². The molecule has 3 rings (SSSR count). The summed E-state index contributed by atoms with van der Waals surface area (Å²) in [5, 5.41) is 5.78. The average Bonchev–Trinajstić information content (AvgIpc) is 3.21. The predicted molar refractivity (Wildman–Crippen MR) is 105 cm³/mol. The first-order chi connectivity index (χ1) is 13.1. The first-order valence-electron chi connectivity index (χ1n) is 9.23. The van der Waals surface area contributed by atoms with Gasteiger partial charge in [0.2, 0.25) is 5.91 Å². The zero-order valence-corrected chi connectivity index (χ0v) is 15.2. The number of hydrogen-bond acceptors (Lipinski definition) is 4. The molecule has 1 unspecified atom stereocenters. The van der Waals surface area contributed by atoms with E-state index in [0.717, 1.165) is 24.0 Å². The van der Waals surface area contributed by atoms with Crippen molar-refractivity contribution in [2.45, 2.75) is 38.3 Å². The van der Waals surface area contributed by atoms with Crippen LogP contribution in [0.1, 0.15) is 30.4 Å². The van der Waals surface area contributed by atoms with E-state index in [-0.39, 0.29) is 17.9 Å². The summed E-state index contributed by atoms with van der Waals surface area (Å²) >= 11 is 0. The molecule has 1 atom stereocenters. The molecule has 1 aliphatic heterocycles. The monoisotopic (exact) mass is 367 g/mol. The van der Waals surface area contributed by atoms with Gasteiger partial charge in [-0.15, -0.1) is 0 Å². The molecular formula is C21H25N3O3. The molecule has 0 spiro atoms. The summed E-state index contributed by atoms with van der Waals surface area (Å²) < 4.78 is 5.39. The molecule has 1 aliphatic rings. The Labute approximate surface area is 159 Å². The maximum atomic E-state index is 12.1. The number of anilines is 2. The number of rotatable bonds is 7. The van der Waals surface area contributed by atoms with Crippen LogP contribution in [0.25, 0.3) is 0 Å². The highest BCUT2D eigenvalue weighted by Gasteiger charge is 2.23. The van der Waals surface area contributed by atoms with Crippen molar-refractivity contribution < 1.29 is 14.3 Å². The Balaban J connectivity index is 1.47. The highest BCUT2D eigenvalue weighted by atomic mass is 16.5. The summed E-state index contributed by atoms with van der Waals surface area (Å²) in [5.41, 5.74) is 9.22. The van der Waals surface area contributed by atoms with Gasteiger partial charge < -0.3 is 21.1 Å². The second-order valence-corrected chi connectivity index (χ2v) is 6.67. The zero-order valence-electron chi connectivity index (χ0n) is 15.2. The molecule has 6 heteroatoms. The summed E-state index contributed by atoms with van der Waals surface area (Å²) in [6.07, 6.45) is 2.30. The Hall–Kier alpha value is -2.86. The second kappa shape index (κ2) is 9.19. The summed E-state index contributed by atoms with van der Waals surface area (Å²) in [6.45, 7) is 1.05.